The average molecular weight is 179 g/mol. The molecule has 0 bridgehead atoms. The number of rotatable bonds is 3. The Kier molecular flexibility index (Phi) is 1.81. The second kappa shape index (κ2) is 2.85. The highest BCUT2D eigenvalue weighted by atomic mass is 15.3. The van der Waals surface area contributed by atoms with E-state index in [1.807, 2.05) is 0 Å². The van der Waals surface area contributed by atoms with Crippen LogP contribution < -0.4 is 16.6 Å². The maximum absolute atomic E-state index is 5.23. The minimum absolute atomic E-state index is 0.236. The topological polar surface area (TPSA) is 75.9 Å². The standard InChI is InChI=1S/C8H13N5/c1-8(2-3-8)12-6-4-7(13-9)11-5-10-6/h4-5H,2-3,9H2,1H3,(H2,10,11,12,13). The lowest BCUT2D eigenvalue weighted by Crippen LogP contribution is -2.17. The summed E-state index contributed by atoms with van der Waals surface area (Å²) in [5.74, 6) is 6.68. The molecule has 4 N–H and O–H groups in total. The number of nitrogens with one attached hydrogen (secondary N) is 2. The summed E-state index contributed by atoms with van der Waals surface area (Å²) in [5, 5.41) is 3.32. The molecule has 0 amide bonds. The molecule has 70 valence electrons. The number of hydrogen-bond acceptors (Lipinski definition) is 5. The van der Waals surface area contributed by atoms with Gasteiger partial charge in [0.25, 0.3) is 0 Å². The number of aromatic nitrogens is 2. The summed E-state index contributed by atoms with van der Waals surface area (Å²) in [5.41, 5.74) is 2.72. The molecular formula is C8H13N5. The molecule has 1 aliphatic carbocycles. The number of anilines is 2. The fourth-order valence-corrected chi connectivity index (χ4v) is 1.13. The second-order valence-corrected chi connectivity index (χ2v) is 3.62. The van der Waals surface area contributed by atoms with E-state index in [1.54, 1.807) is 6.07 Å². The van der Waals surface area contributed by atoms with E-state index in [-0.39, 0.29) is 5.54 Å². The van der Waals surface area contributed by atoms with Crippen molar-refractivity contribution in [1.82, 2.24) is 9.97 Å². The molecule has 0 atom stereocenters. The zero-order chi connectivity index (χ0) is 9.31. The van der Waals surface area contributed by atoms with Crippen molar-refractivity contribution >= 4 is 11.6 Å². The van der Waals surface area contributed by atoms with Crippen molar-refractivity contribution in [2.75, 3.05) is 10.7 Å². The van der Waals surface area contributed by atoms with Crippen LogP contribution in [0, 0.1) is 0 Å². The van der Waals surface area contributed by atoms with Crippen LogP contribution in [0.15, 0.2) is 12.4 Å². The molecule has 5 heteroatoms. The lowest BCUT2D eigenvalue weighted by Gasteiger charge is -2.11. The van der Waals surface area contributed by atoms with Gasteiger partial charge >= 0.3 is 0 Å². The normalized spacial score (nSPS) is 18.0. The van der Waals surface area contributed by atoms with Gasteiger partial charge in [-0.1, -0.05) is 0 Å². The van der Waals surface area contributed by atoms with Crippen LogP contribution in [0.5, 0.6) is 0 Å². The summed E-state index contributed by atoms with van der Waals surface area (Å²) in [6, 6.07) is 1.80. The van der Waals surface area contributed by atoms with E-state index in [2.05, 4.69) is 27.6 Å². The number of nitrogens with zero attached hydrogens (tertiary/aromatic N) is 2. The van der Waals surface area contributed by atoms with Gasteiger partial charge in [0.15, 0.2) is 0 Å². The largest absolute Gasteiger partial charge is 0.365 e. The van der Waals surface area contributed by atoms with Crippen LogP contribution in [0.25, 0.3) is 0 Å². The van der Waals surface area contributed by atoms with Crippen LogP contribution in [-0.2, 0) is 0 Å². The van der Waals surface area contributed by atoms with Gasteiger partial charge in [-0.2, -0.15) is 0 Å². The first kappa shape index (κ1) is 8.25. The molecule has 0 aromatic carbocycles. The van der Waals surface area contributed by atoms with Crippen LogP contribution in [0.4, 0.5) is 11.6 Å². The monoisotopic (exact) mass is 179 g/mol. The Labute approximate surface area is 76.7 Å². The third-order valence-corrected chi connectivity index (χ3v) is 2.24. The van der Waals surface area contributed by atoms with Crippen molar-refractivity contribution in [3.05, 3.63) is 12.4 Å². The van der Waals surface area contributed by atoms with E-state index in [0.717, 1.165) is 5.82 Å². The lowest BCUT2D eigenvalue weighted by atomic mass is 10.3. The van der Waals surface area contributed by atoms with Crippen LogP contribution in [-0.4, -0.2) is 15.5 Å². The average Bonchev–Trinajstić information content (AvgIpc) is 2.84. The van der Waals surface area contributed by atoms with Crippen molar-refractivity contribution < 1.29 is 0 Å². The maximum atomic E-state index is 5.23. The van der Waals surface area contributed by atoms with Gasteiger partial charge in [-0.05, 0) is 19.8 Å². The summed E-state index contributed by atoms with van der Waals surface area (Å²) in [6.07, 6.45) is 3.88. The van der Waals surface area contributed by atoms with Crippen molar-refractivity contribution in [3.8, 4) is 0 Å². The van der Waals surface area contributed by atoms with Crippen LogP contribution in [0.3, 0.4) is 0 Å². The molecule has 1 saturated carbocycles. The van der Waals surface area contributed by atoms with Crippen molar-refractivity contribution in [2.24, 2.45) is 5.84 Å². The molecule has 0 aliphatic heterocycles. The highest BCUT2D eigenvalue weighted by Crippen LogP contribution is 2.37. The van der Waals surface area contributed by atoms with Gasteiger partial charge in [0.05, 0.1) is 0 Å². The van der Waals surface area contributed by atoms with Crippen LogP contribution in [0.1, 0.15) is 19.8 Å². The predicted molar refractivity (Wildman–Crippen MR) is 51.1 cm³/mol. The Hall–Kier alpha value is -1.36. The molecule has 1 aliphatic rings. The fraction of sp³-hybridized carbons (Fsp3) is 0.500. The molecule has 13 heavy (non-hydrogen) atoms. The zero-order valence-electron chi connectivity index (χ0n) is 7.54. The van der Waals surface area contributed by atoms with Gasteiger partial charge in [0.1, 0.15) is 18.0 Å². The Bertz CT molecular complexity index is 307. The Morgan fingerprint density at radius 1 is 1.38 bits per heavy atom. The molecule has 0 unspecified atom stereocenters. The first-order valence-electron chi connectivity index (χ1n) is 4.29. The molecular weight excluding hydrogens is 166 g/mol. The van der Waals surface area contributed by atoms with E-state index >= 15 is 0 Å². The van der Waals surface area contributed by atoms with Crippen molar-refractivity contribution in [2.45, 2.75) is 25.3 Å². The number of nitrogens with two attached hydrogens (primary N) is 1. The zero-order valence-corrected chi connectivity index (χ0v) is 7.54. The highest BCUT2D eigenvalue weighted by Gasteiger charge is 2.37. The molecule has 5 nitrogen and oxygen atoms in total. The summed E-state index contributed by atoms with van der Waals surface area (Å²) in [7, 11) is 0. The van der Waals surface area contributed by atoms with Gasteiger partial charge < -0.3 is 10.7 Å². The minimum Gasteiger partial charge on any atom is -0.365 e. The van der Waals surface area contributed by atoms with Gasteiger partial charge in [-0.25, -0.2) is 15.8 Å². The Morgan fingerprint density at radius 3 is 2.69 bits per heavy atom. The van der Waals surface area contributed by atoms with E-state index < -0.39 is 0 Å². The molecule has 0 spiro atoms. The van der Waals surface area contributed by atoms with E-state index in [0.29, 0.717) is 5.82 Å². The van der Waals surface area contributed by atoms with Crippen molar-refractivity contribution in [3.63, 3.8) is 0 Å². The van der Waals surface area contributed by atoms with Crippen LogP contribution in [0.2, 0.25) is 0 Å². The molecule has 2 rings (SSSR count). The molecule has 1 fully saturated rings. The Morgan fingerprint density at radius 2 is 2.08 bits per heavy atom. The molecule has 1 aromatic rings. The van der Waals surface area contributed by atoms with Crippen LogP contribution >= 0.6 is 0 Å². The van der Waals surface area contributed by atoms with Gasteiger partial charge in [0.2, 0.25) is 0 Å². The van der Waals surface area contributed by atoms with Gasteiger partial charge in [-0.3, -0.25) is 0 Å². The highest BCUT2D eigenvalue weighted by molar-refractivity contribution is 5.48. The first-order valence-corrected chi connectivity index (χ1v) is 4.29. The minimum atomic E-state index is 0.236. The third kappa shape index (κ3) is 1.86. The molecule has 0 radical (unpaired) electrons. The third-order valence-electron chi connectivity index (χ3n) is 2.24. The van der Waals surface area contributed by atoms with E-state index in [9.17, 15) is 0 Å². The summed E-state index contributed by atoms with van der Waals surface area (Å²) in [4.78, 5) is 8.02. The SMILES string of the molecule is CC1(Nc2cc(NN)ncn2)CC1. The number of nitrogen functional groups attached to an aromatic ring is 1. The fourth-order valence-electron chi connectivity index (χ4n) is 1.13. The molecule has 0 saturated heterocycles. The smallest absolute Gasteiger partial charge is 0.145 e. The summed E-state index contributed by atoms with van der Waals surface area (Å²) in [6.45, 7) is 2.17. The van der Waals surface area contributed by atoms with Gasteiger partial charge in [0, 0.05) is 11.6 Å². The van der Waals surface area contributed by atoms with E-state index in [4.69, 9.17) is 5.84 Å². The maximum Gasteiger partial charge on any atom is 0.145 e. The Balaban J connectivity index is 2.11. The van der Waals surface area contributed by atoms with Gasteiger partial charge in [-0.15, -0.1) is 0 Å². The molecule has 1 heterocycles. The first-order chi connectivity index (χ1) is 6.22. The molecule has 1 aromatic heterocycles. The predicted octanol–water partition coefficient (Wildman–Crippen LogP) is 0.727. The number of hydrazine groups is 1. The van der Waals surface area contributed by atoms with E-state index in [1.165, 1.54) is 19.2 Å². The quantitative estimate of drug-likeness (QED) is 0.471. The van der Waals surface area contributed by atoms with Crippen molar-refractivity contribution in [1.29, 1.82) is 0 Å². The summed E-state index contributed by atoms with van der Waals surface area (Å²) >= 11 is 0. The second-order valence-electron chi connectivity index (χ2n) is 3.62. The number of hydrogen-bond donors (Lipinski definition) is 3. The summed E-state index contributed by atoms with van der Waals surface area (Å²) < 4.78 is 0. The lowest BCUT2D eigenvalue weighted by molar-refractivity contribution is 0.819.